The fourth-order valence-corrected chi connectivity index (χ4v) is 2.33. The Kier molecular flexibility index (Phi) is 4.00. The van der Waals surface area contributed by atoms with Gasteiger partial charge >= 0.3 is 0 Å². The van der Waals surface area contributed by atoms with Crippen molar-refractivity contribution in [1.82, 2.24) is 10.2 Å². The zero-order valence-electron chi connectivity index (χ0n) is 10.0. The van der Waals surface area contributed by atoms with E-state index in [1.54, 1.807) is 0 Å². The molecule has 3 heteroatoms. The number of morpholine rings is 1. The molecule has 0 aromatic rings. The van der Waals surface area contributed by atoms with Gasteiger partial charge in [0.15, 0.2) is 0 Å². The van der Waals surface area contributed by atoms with E-state index in [0.717, 1.165) is 25.6 Å². The third-order valence-electron chi connectivity index (χ3n) is 3.23. The van der Waals surface area contributed by atoms with Crippen LogP contribution in [0, 0.1) is 5.92 Å². The summed E-state index contributed by atoms with van der Waals surface area (Å²) in [5.74, 6) is 0.993. The quantitative estimate of drug-likeness (QED) is 0.691. The van der Waals surface area contributed by atoms with Crippen molar-refractivity contribution < 1.29 is 4.74 Å². The second kappa shape index (κ2) is 5.28. The Bertz CT molecular complexity index is 184. The van der Waals surface area contributed by atoms with Crippen molar-refractivity contribution in [3.63, 3.8) is 0 Å². The minimum atomic E-state index is 0.400. The Hall–Kier alpha value is -0.120. The molecule has 0 amide bonds. The maximum atomic E-state index is 5.71. The molecule has 0 bridgehead atoms. The van der Waals surface area contributed by atoms with Crippen LogP contribution in [0.5, 0.6) is 0 Å². The molecule has 2 rings (SSSR count). The first-order chi connectivity index (χ1) is 7.24. The monoisotopic (exact) mass is 212 g/mol. The summed E-state index contributed by atoms with van der Waals surface area (Å²) in [6, 6.07) is 0. The number of nitrogens with zero attached hydrogens (tertiary/aromatic N) is 1. The van der Waals surface area contributed by atoms with Crippen LogP contribution in [0.2, 0.25) is 0 Å². The zero-order valence-corrected chi connectivity index (χ0v) is 10.0. The third kappa shape index (κ3) is 4.09. The molecule has 1 N–H and O–H groups in total. The average molecular weight is 212 g/mol. The lowest BCUT2D eigenvalue weighted by Crippen LogP contribution is -2.47. The van der Waals surface area contributed by atoms with E-state index in [1.165, 1.54) is 25.9 Å². The van der Waals surface area contributed by atoms with Crippen LogP contribution in [0.3, 0.4) is 0 Å². The molecule has 1 aliphatic heterocycles. The second-order valence-electron chi connectivity index (χ2n) is 5.16. The van der Waals surface area contributed by atoms with Crippen LogP contribution in [-0.4, -0.2) is 49.8 Å². The highest BCUT2D eigenvalue weighted by molar-refractivity contribution is 4.77. The largest absolute Gasteiger partial charge is 0.373 e. The first kappa shape index (κ1) is 11.4. The molecule has 1 aliphatic carbocycles. The van der Waals surface area contributed by atoms with E-state index in [-0.39, 0.29) is 0 Å². The van der Waals surface area contributed by atoms with E-state index >= 15 is 0 Å². The van der Waals surface area contributed by atoms with Crippen LogP contribution in [0.25, 0.3) is 0 Å². The summed E-state index contributed by atoms with van der Waals surface area (Å²) in [6.07, 6.45) is 3.69. The summed E-state index contributed by atoms with van der Waals surface area (Å²) in [7, 11) is 0. The predicted octanol–water partition coefficient (Wildman–Crippen LogP) is 1.10. The number of rotatable bonds is 5. The number of nitrogens with one attached hydrogen (secondary N) is 1. The van der Waals surface area contributed by atoms with Crippen LogP contribution in [0.1, 0.15) is 26.7 Å². The first-order valence-electron chi connectivity index (χ1n) is 6.32. The molecule has 1 heterocycles. The number of hydrogen-bond donors (Lipinski definition) is 1. The topological polar surface area (TPSA) is 24.5 Å². The molecule has 0 radical (unpaired) electrons. The normalized spacial score (nSPS) is 33.2. The standard InChI is InChI=1S/C12H24N2O/c1-10-8-14(9-11(2)15-10)6-5-13-7-12-3-4-12/h10-13H,3-9H2,1-2H3. The maximum absolute atomic E-state index is 5.71. The Morgan fingerprint density at radius 3 is 2.47 bits per heavy atom. The molecule has 1 saturated carbocycles. The molecule has 2 atom stereocenters. The fourth-order valence-electron chi connectivity index (χ4n) is 2.33. The third-order valence-corrected chi connectivity index (χ3v) is 3.23. The van der Waals surface area contributed by atoms with Gasteiger partial charge in [-0.05, 0) is 39.2 Å². The Morgan fingerprint density at radius 1 is 1.20 bits per heavy atom. The van der Waals surface area contributed by atoms with Gasteiger partial charge in [-0.15, -0.1) is 0 Å². The highest BCUT2D eigenvalue weighted by atomic mass is 16.5. The highest BCUT2D eigenvalue weighted by Crippen LogP contribution is 2.27. The molecule has 2 unspecified atom stereocenters. The Balaban J connectivity index is 1.56. The van der Waals surface area contributed by atoms with Gasteiger partial charge in [0, 0.05) is 26.2 Å². The van der Waals surface area contributed by atoms with E-state index < -0.39 is 0 Å². The van der Waals surface area contributed by atoms with Gasteiger partial charge in [-0.1, -0.05) is 0 Å². The van der Waals surface area contributed by atoms with Crippen molar-refractivity contribution >= 4 is 0 Å². The van der Waals surface area contributed by atoms with Gasteiger partial charge in [0.05, 0.1) is 12.2 Å². The van der Waals surface area contributed by atoms with Gasteiger partial charge in [-0.25, -0.2) is 0 Å². The van der Waals surface area contributed by atoms with Gasteiger partial charge in [0.1, 0.15) is 0 Å². The SMILES string of the molecule is CC1CN(CCNCC2CC2)CC(C)O1. The van der Waals surface area contributed by atoms with E-state index in [0.29, 0.717) is 12.2 Å². The lowest BCUT2D eigenvalue weighted by Gasteiger charge is -2.35. The second-order valence-corrected chi connectivity index (χ2v) is 5.16. The van der Waals surface area contributed by atoms with Crippen molar-refractivity contribution in [2.45, 2.75) is 38.9 Å². The van der Waals surface area contributed by atoms with E-state index in [2.05, 4.69) is 24.1 Å². The van der Waals surface area contributed by atoms with Crippen LogP contribution in [-0.2, 0) is 4.74 Å². The maximum Gasteiger partial charge on any atom is 0.0678 e. The summed E-state index contributed by atoms with van der Waals surface area (Å²) < 4.78 is 5.71. The van der Waals surface area contributed by atoms with E-state index in [1.807, 2.05) is 0 Å². The van der Waals surface area contributed by atoms with Gasteiger partial charge in [-0.3, -0.25) is 4.90 Å². The van der Waals surface area contributed by atoms with Gasteiger partial charge in [0.2, 0.25) is 0 Å². The predicted molar refractivity (Wildman–Crippen MR) is 62.0 cm³/mol. The molecule has 88 valence electrons. The van der Waals surface area contributed by atoms with Crippen LogP contribution < -0.4 is 5.32 Å². The highest BCUT2D eigenvalue weighted by Gasteiger charge is 2.22. The summed E-state index contributed by atoms with van der Waals surface area (Å²) in [5, 5.41) is 3.54. The Morgan fingerprint density at radius 2 is 1.87 bits per heavy atom. The summed E-state index contributed by atoms with van der Waals surface area (Å²) in [5.41, 5.74) is 0. The van der Waals surface area contributed by atoms with Crippen molar-refractivity contribution in [2.24, 2.45) is 5.92 Å². The van der Waals surface area contributed by atoms with Crippen molar-refractivity contribution in [3.05, 3.63) is 0 Å². The molecule has 0 aromatic heterocycles. The Labute approximate surface area is 93.2 Å². The number of hydrogen-bond acceptors (Lipinski definition) is 3. The first-order valence-corrected chi connectivity index (χ1v) is 6.32. The van der Waals surface area contributed by atoms with Crippen LogP contribution in [0.15, 0.2) is 0 Å². The molecule has 15 heavy (non-hydrogen) atoms. The molecular formula is C12H24N2O. The van der Waals surface area contributed by atoms with Gasteiger partial charge < -0.3 is 10.1 Å². The van der Waals surface area contributed by atoms with E-state index in [9.17, 15) is 0 Å². The van der Waals surface area contributed by atoms with Crippen LogP contribution >= 0.6 is 0 Å². The minimum Gasteiger partial charge on any atom is -0.373 e. The van der Waals surface area contributed by atoms with Gasteiger partial charge in [-0.2, -0.15) is 0 Å². The van der Waals surface area contributed by atoms with Crippen molar-refractivity contribution in [3.8, 4) is 0 Å². The summed E-state index contributed by atoms with van der Waals surface area (Å²) >= 11 is 0. The fraction of sp³-hybridized carbons (Fsp3) is 1.00. The molecule has 1 saturated heterocycles. The zero-order chi connectivity index (χ0) is 10.7. The molecule has 0 spiro atoms. The van der Waals surface area contributed by atoms with Crippen molar-refractivity contribution in [2.75, 3.05) is 32.7 Å². The molecular weight excluding hydrogens is 188 g/mol. The lowest BCUT2D eigenvalue weighted by molar-refractivity contribution is -0.0674. The lowest BCUT2D eigenvalue weighted by atomic mass is 10.2. The average Bonchev–Trinajstić information content (AvgIpc) is 2.94. The minimum absolute atomic E-state index is 0.400. The summed E-state index contributed by atoms with van der Waals surface area (Å²) in [6.45, 7) is 10.1. The smallest absolute Gasteiger partial charge is 0.0678 e. The number of ether oxygens (including phenoxy) is 1. The molecule has 2 fully saturated rings. The molecule has 0 aromatic carbocycles. The van der Waals surface area contributed by atoms with Crippen LogP contribution in [0.4, 0.5) is 0 Å². The summed E-state index contributed by atoms with van der Waals surface area (Å²) in [4.78, 5) is 2.51. The molecule has 2 aliphatic rings. The van der Waals surface area contributed by atoms with Crippen molar-refractivity contribution in [1.29, 1.82) is 0 Å². The molecule has 3 nitrogen and oxygen atoms in total. The van der Waals surface area contributed by atoms with Gasteiger partial charge in [0.25, 0.3) is 0 Å². The van der Waals surface area contributed by atoms with E-state index in [4.69, 9.17) is 4.74 Å².